The zero-order valence-electron chi connectivity index (χ0n) is 14.0. The average molecular weight is 316 g/mol. The van der Waals surface area contributed by atoms with Gasteiger partial charge in [-0.2, -0.15) is 0 Å². The lowest BCUT2D eigenvalue weighted by Crippen LogP contribution is -2.61. The van der Waals surface area contributed by atoms with Crippen molar-refractivity contribution in [3.63, 3.8) is 0 Å². The van der Waals surface area contributed by atoms with Crippen LogP contribution in [0.5, 0.6) is 0 Å². The van der Waals surface area contributed by atoms with Gasteiger partial charge in [0.1, 0.15) is 6.17 Å². The van der Waals surface area contributed by atoms with Crippen LogP contribution in [0, 0.1) is 5.92 Å². The lowest BCUT2D eigenvalue weighted by molar-refractivity contribution is -0.0378. The molecule has 3 fully saturated rings. The monoisotopic (exact) mass is 316 g/mol. The third-order valence-corrected chi connectivity index (χ3v) is 6.16. The summed E-state index contributed by atoms with van der Waals surface area (Å²) >= 11 is 0. The first-order valence-corrected chi connectivity index (χ1v) is 8.35. The van der Waals surface area contributed by atoms with Gasteiger partial charge in [-0.15, -0.1) is 0 Å². The van der Waals surface area contributed by atoms with Crippen LogP contribution in [0.1, 0.15) is 46.5 Å². The smallest absolute Gasteiger partial charge is 0.270 e. The van der Waals surface area contributed by atoms with Crippen molar-refractivity contribution in [1.29, 1.82) is 0 Å². The molecule has 3 atom stereocenters. The molecule has 0 aliphatic carbocycles. The minimum absolute atomic E-state index is 0.0144. The number of likely N-dealkylation sites (tertiary alicyclic amines) is 1. The first-order chi connectivity index (χ1) is 10.2. The van der Waals surface area contributed by atoms with Crippen LogP contribution >= 0.6 is 0 Å². The molecule has 0 radical (unpaired) electrons. The molecule has 3 unspecified atom stereocenters. The summed E-state index contributed by atoms with van der Waals surface area (Å²) in [7, 11) is 1.71. The Balaban J connectivity index is 1.77. The summed E-state index contributed by atoms with van der Waals surface area (Å²) in [4.78, 5) is 3.95. The maximum Gasteiger partial charge on any atom is 0.270 e. The highest BCUT2D eigenvalue weighted by molar-refractivity contribution is 5.22. The van der Waals surface area contributed by atoms with Gasteiger partial charge in [0, 0.05) is 30.9 Å². The van der Waals surface area contributed by atoms with Gasteiger partial charge in [0.05, 0.1) is 13.0 Å². The van der Waals surface area contributed by atoms with Crippen LogP contribution in [0.4, 0.5) is 13.2 Å². The number of alkyl halides is 3. The van der Waals surface area contributed by atoms with Crippen molar-refractivity contribution in [3.05, 3.63) is 11.3 Å². The van der Waals surface area contributed by atoms with Crippen LogP contribution in [0.2, 0.25) is 0 Å². The van der Waals surface area contributed by atoms with E-state index in [1.807, 2.05) is 6.92 Å². The average Bonchev–Trinajstić information content (AvgIpc) is 2.74. The minimum Gasteiger partial charge on any atom is -0.372 e. The third-order valence-electron chi connectivity index (χ3n) is 6.16. The standard InChI is InChI=1S/C17H27F3N2/c1-11(2)16-5-6-22(16)14(13(18)8-16)7-12(3)15-9-17(19,20)10-21(15)4/h11,13-14H,5-10H2,1-4H3. The van der Waals surface area contributed by atoms with E-state index in [1.54, 1.807) is 11.9 Å². The Morgan fingerprint density at radius 1 is 1.36 bits per heavy atom. The molecule has 22 heavy (non-hydrogen) atoms. The van der Waals surface area contributed by atoms with Crippen molar-refractivity contribution in [2.75, 3.05) is 20.1 Å². The van der Waals surface area contributed by atoms with Crippen LogP contribution in [-0.4, -0.2) is 53.6 Å². The summed E-state index contributed by atoms with van der Waals surface area (Å²) in [5.74, 6) is -2.20. The first-order valence-electron chi connectivity index (χ1n) is 8.35. The molecule has 0 N–H and O–H groups in total. The second kappa shape index (κ2) is 5.15. The molecule has 5 heteroatoms. The van der Waals surface area contributed by atoms with E-state index in [0.717, 1.165) is 18.5 Å². The normalized spacial score (nSPS) is 40.1. The zero-order valence-corrected chi connectivity index (χ0v) is 14.0. The summed E-state index contributed by atoms with van der Waals surface area (Å²) in [5.41, 5.74) is 1.65. The number of hydrogen-bond acceptors (Lipinski definition) is 2. The first kappa shape index (κ1) is 16.2. The zero-order chi connectivity index (χ0) is 16.3. The number of fused-ring (bicyclic) bond motifs is 1. The predicted octanol–water partition coefficient (Wildman–Crippen LogP) is 3.83. The van der Waals surface area contributed by atoms with Crippen molar-refractivity contribution < 1.29 is 13.2 Å². The van der Waals surface area contributed by atoms with E-state index in [4.69, 9.17) is 0 Å². The number of halogens is 3. The molecule has 0 amide bonds. The maximum absolute atomic E-state index is 14.6. The van der Waals surface area contributed by atoms with E-state index < -0.39 is 12.1 Å². The Morgan fingerprint density at radius 2 is 2.05 bits per heavy atom. The minimum atomic E-state index is -2.64. The van der Waals surface area contributed by atoms with Gasteiger partial charge in [-0.3, -0.25) is 4.90 Å². The summed E-state index contributed by atoms with van der Waals surface area (Å²) in [6.45, 7) is 6.95. The highest BCUT2D eigenvalue weighted by atomic mass is 19.3. The summed E-state index contributed by atoms with van der Waals surface area (Å²) in [6, 6.07) is -0.133. The van der Waals surface area contributed by atoms with Gasteiger partial charge in [-0.05, 0) is 32.1 Å². The van der Waals surface area contributed by atoms with Crippen LogP contribution in [-0.2, 0) is 0 Å². The summed E-state index contributed by atoms with van der Waals surface area (Å²) < 4.78 is 41.7. The molecule has 0 aromatic carbocycles. The summed E-state index contributed by atoms with van der Waals surface area (Å²) in [6.07, 6.45) is 1.20. The van der Waals surface area contributed by atoms with E-state index in [9.17, 15) is 13.2 Å². The van der Waals surface area contributed by atoms with Gasteiger partial charge < -0.3 is 4.90 Å². The van der Waals surface area contributed by atoms with Crippen molar-refractivity contribution in [1.82, 2.24) is 9.80 Å². The fraction of sp³-hybridized carbons (Fsp3) is 0.882. The fourth-order valence-corrected chi connectivity index (χ4v) is 4.79. The lowest BCUT2D eigenvalue weighted by atomic mass is 9.75. The Morgan fingerprint density at radius 3 is 2.45 bits per heavy atom. The second-order valence-corrected chi connectivity index (χ2v) is 7.81. The summed E-state index contributed by atoms with van der Waals surface area (Å²) in [5, 5.41) is 0. The third kappa shape index (κ3) is 2.36. The van der Waals surface area contributed by atoms with Crippen LogP contribution in [0.25, 0.3) is 0 Å². The second-order valence-electron chi connectivity index (χ2n) is 7.81. The van der Waals surface area contributed by atoms with E-state index in [1.165, 1.54) is 0 Å². The van der Waals surface area contributed by atoms with Gasteiger partial charge >= 0.3 is 0 Å². The Kier molecular flexibility index (Phi) is 3.78. The van der Waals surface area contributed by atoms with Gasteiger partial charge in [0.15, 0.2) is 0 Å². The van der Waals surface area contributed by atoms with E-state index in [2.05, 4.69) is 18.7 Å². The molecule has 3 saturated heterocycles. The van der Waals surface area contributed by atoms with E-state index in [-0.39, 0.29) is 24.5 Å². The lowest BCUT2D eigenvalue weighted by Gasteiger charge is -2.53. The molecule has 0 spiro atoms. The van der Waals surface area contributed by atoms with Gasteiger partial charge in [0.25, 0.3) is 5.92 Å². The molecule has 0 aromatic rings. The van der Waals surface area contributed by atoms with Crippen LogP contribution in [0.3, 0.4) is 0 Å². The van der Waals surface area contributed by atoms with Gasteiger partial charge in [0.2, 0.25) is 0 Å². The van der Waals surface area contributed by atoms with Crippen LogP contribution < -0.4 is 0 Å². The Labute approximate surface area is 131 Å². The largest absolute Gasteiger partial charge is 0.372 e. The topological polar surface area (TPSA) is 6.48 Å². The molecule has 3 aliphatic heterocycles. The maximum atomic E-state index is 14.6. The van der Waals surface area contributed by atoms with E-state index in [0.29, 0.717) is 24.5 Å². The quantitative estimate of drug-likeness (QED) is 0.781. The predicted molar refractivity (Wildman–Crippen MR) is 81.7 cm³/mol. The van der Waals surface area contributed by atoms with Crippen molar-refractivity contribution in [2.24, 2.45) is 5.92 Å². The molecular formula is C17H27F3N2. The molecular weight excluding hydrogens is 289 g/mol. The van der Waals surface area contributed by atoms with Crippen molar-refractivity contribution in [2.45, 2.75) is 70.1 Å². The fourth-order valence-electron chi connectivity index (χ4n) is 4.79. The molecule has 0 aromatic heterocycles. The van der Waals surface area contributed by atoms with E-state index >= 15 is 0 Å². The highest BCUT2D eigenvalue weighted by Crippen LogP contribution is 2.51. The molecule has 3 rings (SSSR count). The Bertz CT molecular complexity index is 488. The molecule has 0 bridgehead atoms. The highest BCUT2D eigenvalue weighted by Gasteiger charge is 2.58. The molecule has 126 valence electrons. The number of allylic oxidation sites excluding steroid dienone is 1. The van der Waals surface area contributed by atoms with Gasteiger partial charge in [-0.1, -0.05) is 19.4 Å². The number of hydrogen-bond donors (Lipinski definition) is 0. The molecule has 3 aliphatic rings. The number of nitrogens with zero attached hydrogens (tertiary/aromatic N) is 2. The molecule has 3 heterocycles. The van der Waals surface area contributed by atoms with Crippen molar-refractivity contribution >= 4 is 0 Å². The molecule has 2 nitrogen and oxygen atoms in total. The number of rotatable bonds is 3. The molecule has 0 saturated carbocycles. The SMILES string of the molecule is CC(CC1C(F)CC2(C(C)C)CCN12)=C1CC(F)(F)CN1C. The van der Waals surface area contributed by atoms with Crippen molar-refractivity contribution in [3.8, 4) is 0 Å². The Hall–Kier alpha value is -0.710. The van der Waals surface area contributed by atoms with Gasteiger partial charge in [-0.25, -0.2) is 13.2 Å². The van der Waals surface area contributed by atoms with Crippen LogP contribution in [0.15, 0.2) is 11.3 Å².